The van der Waals surface area contributed by atoms with Crippen molar-refractivity contribution in [2.45, 2.75) is 33.2 Å². The Balaban J connectivity index is 2.19. The predicted molar refractivity (Wildman–Crippen MR) is 79.5 cm³/mol. The normalized spacial score (nSPS) is 15.4. The average Bonchev–Trinajstić information content (AvgIpc) is 2.39. The van der Waals surface area contributed by atoms with Crippen LogP contribution in [0.4, 0.5) is 5.69 Å². The van der Waals surface area contributed by atoms with Crippen LogP contribution in [0, 0.1) is 0 Å². The van der Waals surface area contributed by atoms with Gasteiger partial charge in [-0.1, -0.05) is 23.8 Å². The minimum absolute atomic E-state index is 0.118. The Morgan fingerprint density at radius 1 is 1.32 bits per heavy atom. The van der Waals surface area contributed by atoms with Crippen LogP contribution in [-0.2, 0) is 0 Å². The van der Waals surface area contributed by atoms with Gasteiger partial charge in [-0.05, 0) is 39.3 Å². The van der Waals surface area contributed by atoms with Gasteiger partial charge in [-0.15, -0.1) is 0 Å². The summed E-state index contributed by atoms with van der Waals surface area (Å²) in [5, 5.41) is 3.34. The number of para-hydroxylation sites is 1. The molecule has 0 atom stereocenters. The van der Waals surface area contributed by atoms with E-state index in [-0.39, 0.29) is 5.91 Å². The molecule has 0 bridgehead atoms. The topological polar surface area (TPSA) is 32.3 Å². The van der Waals surface area contributed by atoms with Gasteiger partial charge in [0.05, 0.1) is 5.56 Å². The van der Waals surface area contributed by atoms with E-state index >= 15 is 0 Å². The van der Waals surface area contributed by atoms with Crippen molar-refractivity contribution in [1.82, 2.24) is 4.90 Å². The molecule has 3 heteroatoms. The molecule has 1 N–H and O–H groups in total. The zero-order valence-corrected chi connectivity index (χ0v) is 11.9. The lowest BCUT2D eigenvalue weighted by atomic mass is 10.1. The molecule has 19 heavy (non-hydrogen) atoms. The molecule has 1 amide bonds. The zero-order chi connectivity index (χ0) is 13.8. The molecule has 3 nitrogen and oxygen atoms in total. The standard InChI is InChI=1S/C16H22N2O/c1-12(2)17-15-7-5-4-6-14(15)16(19)18-10-8-13(3)9-11-18/h4-8,12,17H,9-11H2,1-3H3. The highest BCUT2D eigenvalue weighted by Gasteiger charge is 2.20. The first kappa shape index (κ1) is 13.7. The smallest absolute Gasteiger partial charge is 0.256 e. The second-order valence-electron chi connectivity index (χ2n) is 5.40. The molecule has 1 aromatic carbocycles. The van der Waals surface area contributed by atoms with Crippen LogP contribution in [0.15, 0.2) is 35.9 Å². The summed E-state index contributed by atoms with van der Waals surface area (Å²) in [6.07, 6.45) is 3.12. The lowest BCUT2D eigenvalue weighted by molar-refractivity contribution is 0.0770. The molecular formula is C16H22N2O. The fourth-order valence-electron chi connectivity index (χ4n) is 2.23. The number of hydrogen-bond acceptors (Lipinski definition) is 2. The Morgan fingerprint density at radius 2 is 2.05 bits per heavy atom. The first-order valence-electron chi connectivity index (χ1n) is 6.88. The second-order valence-corrected chi connectivity index (χ2v) is 5.40. The first-order valence-corrected chi connectivity index (χ1v) is 6.88. The van der Waals surface area contributed by atoms with Crippen molar-refractivity contribution in [3.8, 4) is 0 Å². The number of amides is 1. The van der Waals surface area contributed by atoms with Gasteiger partial charge in [0, 0.05) is 24.8 Å². The van der Waals surface area contributed by atoms with Crippen molar-refractivity contribution in [2.75, 3.05) is 18.4 Å². The average molecular weight is 258 g/mol. The van der Waals surface area contributed by atoms with Gasteiger partial charge < -0.3 is 10.2 Å². The van der Waals surface area contributed by atoms with Crippen LogP contribution in [0.1, 0.15) is 37.6 Å². The molecule has 0 unspecified atom stereocenters. The van der Waals surface area contributed by atoms with E-state index < -0.39 is 0 Å². The molecule has 1 heterocycles. The summed E-state index contributed by atoms with van der Waals surface area (Å²) in [6, 6.07) is 8.07. The number of nitrogens with zero attached hydrogens (tertiary/aromatic N) is 1. The van der Waals surface area contributed by atoms with Gasteiger partial charge in [0.2, 0.25) is 0 Å². The predicted octanol–water partition coefficient (Wildman–Crippen LogP) is 3.30. The van der Waals surface area contributed by atoms with Gasteiger partial charge in [-0.25, -0.2) is 0 Å². The number of hydrogen-bond donors (Lipinski definition) is 1. The molecule has 1 aliphatic heterocycles. The molecule has 1 aromatic rings. The minimum atomic E-state index is 0.118. The first-order chi connectivity index (χ1) is 9.08. The summed E-state index contributed by atoms with van der Waals surface area (Å²) >= 11 is 0. The number of rotatable bonds is 3. The van der Waals surface area contributed by atoms with Gasteiger partial charge >= 0.3 is 0 Å². The highest BCUT2D eigenvalue weighted by atomic mass is 16.2. The van der Waals surface area contributed by atoms with E-state index in [0.29, 0.717) is 6.04 Å². The van der Waals surface area contributed by atoms with Crippen molar-refractivity contribution in [3.63, 3.8) is 0 Å². The number of benzene rings is 1. The lowest BCUT2D eigenvalue weighted by Gasteiger charge is -2.26. The quantitative estimate of drug-likeness (QED) is 0.844. The third-order valence-corrected chi connectivity index (χ3v) is 3.33. The molecule has 0 aliphatic carbocycles. The monoisotopic (exact) mass is 258 g/mol. The molecule has 102 valence electrons. The van der Waals surface area contributed by atoms with Crippen molar-refractivity contribution in [3.05, 3.63) is 41.5 Å². The summed E-state index contributed by atoms with van der Waals surface area (Å²) in [6.45, 7) is 7.82. The number of carbonyl (C=O) groups is 1. The third kappa shape index (κ3) is 3.37. The highest BCUT2D eigenvalue weighted by molar-refractivity contribution is 5.99. The van der Waals surface area contributed by atoms with Gasteiger partial charge in [-0.3, -0.25) is 4.79 Å². The minimum Gasteiger partial charge on any atom is -0.382 e. The lowest BCUT2D eigenvalue weighted by Crippen LogP contribution is -2.35. The van der Waals surface area contributed by atoms with Gasteiger partial charge in [0.1, 0.15) is 0 Å². The van der Waals surface area contributed by atoms with E-state index in [2.05, 4.69) is 32.2 Å². The van der Waals surface area contributed by atoms with Gasteiger partial charge in [-0.2, -0.15) is 0 Å². The molecule has 0 saturated heterocycles. The summed E-state index contributed by atoms with van der Waals surface area (Å²) in [5.41, 5.74) is 3.07. The Labute approximate surface area is 115 Å². The fraction of sp³-hybridized carbons (Fsp3) is 0.438. The maximum Gasteiger partial charge on any atom is 0.256 e. The largest absolute Gasteiger partial charge is 0.382 e. The van der Waals surface area contributed by atoms with E-state index in [1.165, 1.54) is 5.57 Å². The van der Waals surface area contributed by atoms with Crippen LogP contribution in [0.3, 0.4) is 0 Å². The Morgan fingerprint density at radius 3 is 2.68 bits per heavy atom. The van der Waals surface area contributed by atoms with Crippen molar-refractivity contribution in [2.24, 2.45) is 0 Å². The summed E-state index contributed by atoms with van der Waals surface area (Å²) in [7, 11) is 0. The molecule has 2 rings (SSSR count). The Hall–Kier alpha value is -1.77. The number of carbonyl (C=O) groups excluding carboxylic acids is 1. The Bertz CT molecular complexity index is 491. The highest BCUT2D eigenvalue weighted by Crippen LogP contribution is 2.20. The van der Waals surface area contributed by atoms with E-state index in [9.17, 15) is 4.79 Å². The summed E-state index contributed by atoms with van der Waals surface area (Å²) in [4.78, 5) is 14.5. The number of anilines is 1. The molecule has 0 radical (unpaired) electrons. The van der Waals surface area contributed by atoms with Crippen molar-refractivity contribution in [1.29, 1.82) is 0 Å². The Kier molecular flexibility index (Phi) is 4.25. The van der Waals surface area contributed by atoms with Crippen LogP contribution in [-0.4, -0.2) is 29.9 Å². The van der Waals surface area contributed by atoms with Crippen molar-refractivity contribution < 1.29 is 4.79 Å². The second kappa shape index (κ2) is 5.91. The molecular weight excluding hydrogens is 236 g/mol. The molecule has 0 aromatic heterocycles. The fourth-order valence-corrected chi connectivity index (χ4v) is 2.23. The molecule has 0 saturated carbocycles. The van der Waals surface area contributed by atoms with Crippen LogP contribution in [0.2, 0.25) is 0 Å². The van der Waals surface area contributed by atoms with E-state index in [0.717, 1.165) is 30.8 Å². The maximum atomic E-state index is 12.6. The molecule has 0 fully saturated rings. The van der Waals surface area contributed by atoms with Crippen LogP contribution >= 0.6 is 0 Å². The SMILES string of the molecule is CC1=CCN(C(=O)c2ccccc2NC(C)C)CC1. The van der Waals surface area contributed by atoms with Crippen LogP contribution < -0.4 is 5.32 Å². The third-order valence-electron chi connectivity index (χ3n) is 3.33. The summed E-state index contributed by atoms with van der Waals surface area (Å²) in [5.74, 6) is 0.118. The number of nitrogens with one attached hydrogen (secondary N) is 1. The van der Waals surface area contributed by atoms with E-state index in [1.54, 1.807) is 0 Å². The van der Waals surface area contributed by atoms with E-state index in [4.69, 9.17) is 0 Å². The van der Waals surface area contributed by atoms with Gasteiger partial charge in [0.25, 0.3) is 5.91 Å². The molecule has 0 spiro atoms. The molecule has 1 aliphatic rings. The van der Waals surface area contributed by atoms with Crippen LogP contribution in [0.5, 0.6) is 0 Å². The van der Waals surface area contributed by atoms with Gasteiger partial charge in [0.15, 0.2) is 0 Å². The summed E-state index contributed by atoms with van der Waals surface area (Å²) < 4.78 is 0. The maximum absolute atomic E-state index is 12.6. The zero-order valence-electron chi connectivity index (χ0n) is 11.9. The van der Waals surface area contributed by atoms with Crippen LogP contribution in [0.25, 0.3) is 0 Å². The van der Waals surface area contributed by atoms with Crippen molar-refractivity contribution >= 4 is 11.6 Å². The van der Waals surface area contributed by atoms with E-state index in [1.807, 2.05) is 29.2 Å².